The van der Waals surface area contributed by atoms with E-state index in [0.29, 0.717) is 36.9 Å². The second-order valence-electron chi connectivity index (χ2n) is 6.85. The number of carbonyl (C=O) groups excluding carboxylic acids is 1. The fourth-order valence-electron chi connectivity index (χ4n) is 3.54. The maximum Gasteiger partial charge on any atom is 0.243 e. The van der Waals surface area contributed by atoms with Crippen molar-refractivity contribution in [3.8, 4) is 0 Å². The number of benzene rings is 2. The Morgan fingerprint density at radius 3 is 2.56 bits per heavy atom. The SMILES string of the molecule is O=C1Cc2cc(S(=O)(=O)N3CCN(Cc4cccc(Cl)c4)CC3)ccc2N1. The molecule has 2 aromatic carbocycles. The lowest BCUT2D eigenvalue weighted by molar-refractivity contribution is -0.115. The summed E-state index contributed by atoms with van der Waals surface area (Å²) < 4.78 is 27.4. The zero-order valence-electron chi connectivity index (χ0n) is 14.7. The first kappa shape index (κ1) is 18.4. The van der Waals surface area contributed by atoms with Crippen molar-refractivity contribution >= 4 is 33.2 Å². The summed E-state index contributed by atoms with van der Waals surface area (Å²) in [5.74, 6) is -0.103. The van der Waals surface area contributed by atoms with Gasteiger partial charge < -0.3 is 5.32 Å². The van der Waals surface area contributed by atoms with Gasteiger partial charge in [-0.15, -0.1) is 0 Å². The molecule has 4 rings (SSSR count). The lowest BCUT2D eigenvalue weighted by Crippen LogP contribution is -2.48. The van der Waals surface area contributed by atoms with Crippen LogP contribution in [0.3, 0.4) is 0 Å². The van der Waals surface area contributed by atoms with Crippen LogP contribution in [0.1, 0.15) is 11.1 Å². The number of hydrogen-bond acceptors (Lipinski definition) is 4. The maximum absolute atomic E-state index is 13.0. The third-order valence-electron chi connectivity index (χ3n) is 4.97. The maximum atomic E-state index is 13.0. The molecule has 1 saturated heterocycles. The highest BCUT2D eigenvalue weighted by atomic mass is 35.5. The first-order chi connectivity index (χ1) is 12.9. The summed E-state index contributed by atoms with van der Waals surface area (Å²) in [6.45, 7) is 2.96. The van der Waals surface area contributed by atoms with Crippen molar-refractivity contribution in [2.45, 2.75) is 17.9 Å². The van der Waals surface area contributed by atoms with Gasteiger partial charge in [0.25, 0.3) is 0 Å². The minimum atomic E-state index is -3.56. The van der Waals surface area contributed by atoms with Gasteiger partial charge in [-0.25, -0.2) is 8.42 Å². The van der Waals surface area contributed by atoms with E-state index in [0.717, 1.165) is 17.7 Å². The molecule has 0 unspecified atom stereocenters. The molecule has 0 aliphatic carbocycles. The van der Waals surface area contributed by atoms with Crippen molar-refractivity contribution in [1.29, 1.82) is 0 Å². The first-order valence-electron chi connectivity index (χ1n) is 8.81. The van der Waals surface area contributed by atoms with E-state index in [1.165, 1.54) is 4.31 Å². The van der Waals surface area contributed by atoms with E-state index in [9.17, 15) is 13.2 Å². The Kier molecular flexibility index (Phi) is 4.94. The number of hydrogen-bond donors (Lipinski definition) is 1. The Bertz CT molecular complexity index is 985. The van der Waals surface area contributed by atoms with Gasteiger partial charge in [0.05, 0.1) is 11.3 Å². The molecule has 6 nitrogen and oxygen atoms in total. The molecule has 2 aromatic rings. The van der Waals surface area contributed by atoms with Crippen LogP contribution in [-0.2, 0) is 27.8 Å². The van der Waals surface area contributed by atoms with Gasteiger partial charge in [-0.2, -0.15) is 4.31 Å². The standard InChI is InChI=1S/C19H20ClN3O3S/c20-16-3-1-2-14(10-16)13-22-6-8-23(9-7-22)27(25,26)17-4-5-18-15(11-17)12-19(24)21-18/h1-5,10-11H,6-9,12-13H2,(H,21,24). The monoisotopic (exact) mass is 405 g/mol. The van der Waals surface area contributed by atoms with Gasteiger partial charge in [-0.3, -0.25) is 9.69 Å². The Hall–Kier alpha value is -1.93. The van der Waals surface area contributed by atoms with Gasteiger partial charge in [-0.1, -0.05) is 23.7 Å². The van der Waals surface area contributed by atoms with E-state index >= 15 is 0 Å². The Morgan fingerprint density at radius 1 is 1.04 bits per heavy atom. The van der Waals surface area contributed by atoms with Crippen molar-refractivity contribution in [3.63, 3.8) is 0 Å². The molecule has 0 spiro atoms. The molecule has 0 radical (unpaired) electrons. The second kappa shape index (κ2) is 7.24. The molecular weight excluding hydrogens is 386 g/mol. The van der Waals surface area contributed by atoms with E-state index in [1.807, 2.05) is 24.3 Å². The van der Waals surface area contributed by atoms with E-state index in [2.05, 4.69) is 10.2 Å². The smallest absolute Gasteiger partial charge is 0.243 e. The van der Waals surface area contributed by atoms with Crippen molar-refractivity contribution in [2.75, 3.05) is 31.5 Å². The molecule has 0 saturated carbocycles. The van der Waals surface area contributed by atoms with Crippen LogP contribution in [0.15, 0.2) is 47.4 Å². The zero-order chi connectivity index (χ0) is 19.0. The molecule has 27 heavy (non-hydrogen) atoms. The van der Waals surface area contributed by atoms with Crippen molar-refractivity contribution < 1.29 is 13.2 Å². The Morgan fingerprint density at radius 2 is 1.81 bits per heavy atom. The van der Waals surface area contributed by atoms with E-state index in [1.54, 1.807) is 18.2 Å². The summed E-state index contributed by atoms with van der Waals surface area (Å²) in [6, 6.07) is 12.6. The predicted octanol–water partition coefficient (Wildman–Crippen LogP) is 2.34. The van der Waals surface area contributed by atoms with Crippen molar-refractivity contribution in [3.05, 3.63) is 58.6 Å². The van der Waals surface area contributed by atoms with Crippen LogP contribution in [0.4, 0.5) is 5.69 Å². The normalized spacial score (nSPS) is 18.3. The molecule has 0 atom stereocenters. The topological polar surface area (TPSA) is 69.7 Å². The van der Waals surface area contributed by atoms with Crippen LogP contribution in [0.2, 0.25) is 5.02 Å². The number of carbonyl (C=O) groups is 1. The summed E-state index contributed by atoms with van der Waals surface area (Å²) in [5, 5.41) is 3.43. The van der Waals surface area contributed by atoms with Gasteiger partial charge >= 0.3 is 0 Å². The molecule has 2 aliphatic heterocycles. The number of piperazine rings is 1. The lowest BCUT2D eigenvalue weighted by atomic mass is 10.2. The van der Waals surface area contributed by atoms with Gasteiger partial charge in [0.15, 0.2) is 0 Å². The molecule has 8 heteroatoms. The third-order valence-corrected chi connectivity index (χ3v) is 7.10. The average Bonchev–Trinajstić information content (AvgIpc) is 3.01. The minimum Gasteiger partial charge on any atom is -0.326 e. The van der Waals surface area contributed by atoms with Gasteiger partial charge in [-0.05, 0) is 41.5 Å². The molecule has 0 aromatic heterocycles. The van der Waals surface area contributed by atoms with Gasteiger partial charge in [0.2, 0.25) is 15.9 Å². The molecule has 0 bridgehead atoms. The number of rotatable bonds is 4. The summed E-state index contributed by atoms with van der Waals surface area (Å²) in [7, 11) is -3.56. The Labute approximate surface area is 163 Å². The van der Waals surface area contributed by atoms with E-state index in [-0.39, 0.29) is 17.2 Å². The predicted molar refractivity (Wildman–Crippen MR) is 104 cm³/mol. The zero-order valence-corrected chi connectivity index (χ0v) is 16.3. The molecule has 2 aliphatic rings. The van der Waals surface area contributed by atoms with Crippen LogP contribution in [0, 0.1) is 0 Å². The number of sulfonamides is 1. The van der Waals surface area contributed by atoms with Crippen LogP contribution >= 0.6 is 11.6 Å². The molecular formula is C19H20ClN3O3S. The quantitative estimate of drug-likeness (QED) is 0.847. The largest absolute Gasteiger partial charge is 0.326 e. The number of nitrogens with zero attached hydrogens (tertiary/aromatic N) is 2. The van der Waals surface area contributed by atoms with E-state index in [4.69, 9.17) is 11.6 Å². The van der Waals surface area contributed by atoms with Crippen LogP contribution in [0.25, 0.3) is 0 Å². The number of amides is 1. The number of nitrogens with one attached hydrogen (secondary N) is 1. The summed E-state index contributed by atoms with van der Waals surface area (Å²) in [4.78, 5) is 14.0. The van der Waals surface area contributed by atoms with Gasteiger partial charge in [0, 0.05) is 43.4 Å². The minimum absolute atomic E-state index is 0.103. The number of fused-ring (bicyclic) bond motifs is 1. The highest BCUT2D eigenvalue weighted by Crippen LogP contribution is 2.27. The number of anilines is 1. The third kappa shape index (κ3) is 3.87. The molecule has 142 valence electrons. The first-order valence-corrected chi connectivity index (χ1v) is 10.6. The van der Waals surface area contributed by atoms with Crippen LogP contribution in [0.5, 0.6) is 0 Å². The summed E-state index contributed by atoms with van der Waals surface area (Å²) in [6.07, 6.45) is 0.228. The van der Waals surface area contributed by atoms with Crippen LogP contribution < -0.4 is 5.32 Å². The fourth-order valence-corrected chi connectivity index (χ4v) is 5.22. The molecule has 1 fully saturated rings. The fraction of sp³-hybridized carbons (Fsp3) is 0.316. The average molecular weight is 406 g/mol. The second-order valence-corrected chi connectivity index (χ2v) is 9.23. The highest BCUT2D eigenvalue weighted by Gasteiger charge is 2.30. The van der Waals surface area contributed by atoms with Crippen molar-refractivity contribution in [1.82, 2.24) is 9.21 Å². The molecule has 2 heterocycles. The summed E-state index contributed by atoms with van der Waals surface area (Å²) >= 11 is 6.03. The van der Waals surface area contributed by atoms with Crippen LogP contribution in [-0.4, -0.2) is 49.7 Å². The van der Waals surface area contributed by atoms with Crippen molar-refractivity contribution in [2.24, 2.45) is 0 Å². The van der Waals surface area contributed by atoms with Gasteiger partial charge in [0.1, 0.15) is 0 Å². The Balaban J connectivity index is 1.43. The van der Waals surface area contributed by atoms with E-state index < -0.39 is 10.0 Å². The molecule has 1 N–H and O–H groups in total. The number of halogens is 1. The lowest BCUT2D eigenvalue weighted by Gasteiger charge is -2.34. The summed E-state index contributed by atoms with van der Waals surface area (Å²) in [5.41, 5.74) is 2.56. The molecule has 1 amide bonds. The highest BCUT2D eigenvalue weighted by molar-refractivity contribution is 7.89.